The van der Waals surface area contributed by atoms with Crippen molar-refractivity contribution in [1.82, 2.24) is 5.32 Å². The normalized spacial score (nSPS) is 18.1. The average molecular weight is 244 g/mol. The quantitative estimate of drug-likeness (QED) is 0.863. The maximum atomic E-state index is 12.2. The van der Waals surface area contributed by atoms with E-state index in [0.29, 0.717) is 5.56 Å². The monoisotopic (exact) mass is 244 g/mol. The SMILES string of the molecule is FC(F)(F)Oc1c[c]ccc1C1CCNCC1. The molecule has 1 aromatic carbocycles. The molecular formula is C12H13F3NO. The minimum absolute atomic E-state index is 0.119. The molecular weight excluding hydrogens is 231 g/mol. The zero-order chi connectivity index (χ0) is 12.3. The molecule has 93 valence electrons. The molecule has 17 heavy (non-hydrogen) atoms. The lowest BCUT2D eigenvalue weighted by atomic mass is 9.90. The number of halogens is 3. The van der Waals surface area contributed by atoms with Gasteiger partial charge in [0, 0.05) is 0 Å². The van der Waals surface area contributed by atoms with Crippen molar-refractivity contribution in [2.75, 3.05) is 13.1 Å². The van der Waals surface area contributed by atoms with Crippen LogP contribution >= 0.6 is 0 Å². The van der Waals surface area contributed by atoms with Gasteiger partial charge in [-0.15, -0.1) is 13.2 Å². The van der Waals surface area contributed by atoms with Gasteiger partial charge < -0.3 is 10.1 Å². The van der Waals surface area contributed by atoms with Gasteiger partial charge in [0.2, 0.25) is 0 Å². The number of nitrogens with one attached hydrogen (secondary N) is 1. The molecule has 2 rings (SSSR count). The Morgan fingerprint density at radius 2 is 2.00 bits per heavy atom. The third-order valence-corrected chi connectivity index (χ3v) is 2.86. The van der Waals surface area contributed by atoms with Gasteiger partial charge in [0.1, 0.15) is 5.75 Å². The van der Waals surface area contributed by atoms with Crippen molar-refractivity contribution in [3.05, 3.63) is 29.8 Å². The van der Waals surface area contributed by atoms with Crippen LogP contribution in [-0.4, -0.2) is 19.5 Å². The first-order valence-electron chi connectivity index (χ1n) is 5.53. The Balaban J connectivity index is 2.20. The average Bonchev–Trinajstić information content (AvgIpc) is 2.29. The largest absolute Gasteiger partial charge is 0.573 e. The van der Waals surface area contributed by atoms with Crippen molar-refractivity contribution < 1.29 is 17.9 Å². The third-order valence-electron chi connectivity index (χ3n) is 2.86. The summed E-state index contributed by atoms with van der Waals surface area (Å²) in [5.41, 5.74) is 0.627. The number of ether oxygens (including phenoxy) is 1. The highest BCUT2D eigenvalue weighted by atomic mass is 19.4. The standard InChI is InChI=1S/C12H13F3NO/c13-12(14,15)17-11-4-2-1-3-10(11)9-5-7-16-8-6-9/h1,3-4,9,16H,5-8H2. The molecule has 0 spiro atoms. The van der Waals surface area contributed by atoms with Crippen LogP contribution in [0.3, 0.4) is 0 Å². The van der Waals surface area contributed by atoms with E-state index < -0.39 is 6.36 Å². The van der Waals surface area contributed by atoms with Crippen molar-refractivity contribution in [3.8, 4) is 5.75 Å². The summed E-state index contributed by atoms with van der Waals surface area (Å²) >= 11 is 0. The highest BCUT2D eigenvalue weighted by molar-refractivity contribution is 5.36. The molecule has 0 aliphatic carbocycles. The second-order valence-electron chi connectivity index (χ2n) is 4.04. The van der Waals surface area contributed by atoms with Crippen LogP contribution in [0.4, 0.5) is 13.2 Å². The Hall–Kier alpha value is -1.23. The van der Waals surface area contributed by atoms with Gasteiger partial charge >= 0.3 is 6.36 Å². The topological polar surface area (TPSA) is 21.3 Å². The smallest absolute Gasteiger partial charge is 0.405 e. The number of rotatable bonds is 2. The first-order valence-corrected chi connectivity index (χ1v) is 5.53. The zero-order valence-electron chi connectivity index (χ0n) is 9.18. The van der Waals surface area contributed by atoms with E-state index in [1.54, 1.807) is 12.1 Å². The van der Waals surface area contributed by atoms with Crippen LogP contribution in [0.5, 0.6) is 5.75 Å². The van der Waals surface area contributed by atoms with E-state index >= 15 is 0 Å². The van der Waals surface area contributed by atoms with E-state index in [1.165, 1.54) is 6.07 Å². The Bertz CT molecular complexity index is 372. The van der Waals surface area contributed by atoms with Gasteiger partial charge in [0.15, 0.2) is 0 Å². The molecule has 1 N–H and O–H groups in total. The van der Waals surface area contributed by atoms with Gasteiger partial charge in [-0.2, -0.15) is 0 Å². The predicted molar refractivity (Wildman–Crippen MR) is 56.8 cm³/mol. The fourth-order valence-corrected chi connectivity index (χ4v) is 2.11. The second kappa shape index (κ2) is 4.96. The molecule has 0 atom stereocenters. The van der Waals surface area contributed by atoms with Crippen molar-refractivity contribution in [3.63, 3.8) is 0 Å². The summed E-state index contributed by atoms with van der Waals surface area (Å²) in [6.45, 7) is 1.66. The maximum Gasteiger partial charge on any atom is 0.573 e. The highest BCUT2D eigenvalue weighted by Crippen LogP contribution is 2.34. The molecule has 1 radical (unpaired) electrons. The van der Waals surface area contributed by atoms with Crippen LogP contribution in [0, 0.1) is 6.07 Å². The minimum atomic E-state index is -4.64. The molecule has 1 aromatic rings. The van der Waals surface area contributed by atoms with Gasteiger partial charge in [0.05, 0.1) is 0 Å². The minimum Gasteiger partial charge on any atom is -0.405 e. The summed E-state index contributed by atoms with van der Waals surface area (Å²) in [4.78, 5) is 0. The van der Waals surface area contributed by atoms with Crippen molar-refractivity contribution in [2.24, 2.45) is 0 Å². The van der Waals surface area contributed by atoms with Gasteiger partial charge in [-0.05, 0) is 49.5 Å². The summed E-state index contributed by atoms with van der Waals surface area (Å²) in [7, 11) is 0. The van der Waals surface area contributed by atoms with Crippen LogP contribution in [0.15, 0.2) is 18.2 Å². The van der Waals surface area contributed by atoms with E-state index in [1.807, 2.05) is 0 Å². The summed E-state index contributed by atoms with van der Waals surface area (Å²) < 4.78 is 40.8. The van der Waals surface area contributed by atoms with E-state index in [-0.39, 0.29) is 11.7 Å². The van der Waals surface area contributed by atoms with E-state index in [9.17, 15) is 13.2 Å². The van der Waals surface area contributed by atoms with Crippen molar-refractivity contribution in [1.29, 1.82) is 0 Å². The van der Waals surface area contributed by atoms with Crippen molar-refractivity contribution in [2.45, 2.75) is 25.1 Å². The molecule has 0 saturated carbocycles. The fraction of sp³-hybridized carbons (Fsp3) is 0.500. The molecule has 1 fully saturated rings. The summed E-state index contributed by atoms with van der Waals surface area (Å²) in [5.74, 6) is 0.00935. The van der Waals surface area contributed by atoms with E-state index in [2.05, 4.69) is 16.1 Å². The van der Waals surface area contributed by atoms with Crippen LogP contribution in [0.1, 0.15) is 24.3 Å². The number of hydrogen-bond donors (Lipinski definition) is 1. The number of piperidine rings is 1. The molecule has 1 saturated heterocycles. The molecule has 1 aliphatic heterocycles. The van der Waals surface area contributed by atoms with E-state index in [4.69, 9.17) is 0 Å². The summed E-state index contributed by atoms with van der Waals surface area (Å²) in [5, 5.41) is 3.18. The van der Waals surface area contributed by atoms with Crippen LogP contribution in [0.2, 0.25) is 0 Å². The Morgan fingerprint density at radius 1 is 1.29 bits per heavy atom. The Morgan fingerprint density at radius 3 is 2.65 bits per heavy atom. The fourth-order valence-electron chi connectivity index (χ4n) is 2.11. The number of hydrogen-bond acceptors (Lipinski definition) is 2. The van der Waals surface area contributed by atoms with Crippen LogP contribution < -0.4 is 10.1 Å². The molecule has 0 bridgehead atoms. The molecule has 1 heterocycles. The molecule has 1 aliphatic rings. The lowest BCUT2D eigenvalue weighted by Crippen LogP contribution is -2.27. The van der Waals surface area contributed by atoms with Crippen LogP contribution in [-0.2, 0) is 0 Å². The number of benzene rings is 1. The lowest BCUT2D eigenvalue weighted by Gasteiger charge is -2.25. The highest BCUT2D eigenvalue weighted by Gasteiger charge is 2.33. The van der Waals surface area contributed by atoms with Crippen molar-refractivity contribution >= 4 is 0 Å². The Labute approximate surface area is 97.8 Å². The van der Waals surface area contributed by atoms with Gasteiger partial charge in [-0.25, -0.2) is 0 Å². The van der Waals surface area contributed by atoms with Gasteiger partial charge in [-0.3, -0.25) is 0 Å². The van der Waals surface area contributed by atoms with E-state index in [0.717, 1.165) is 25.9 Å². The molecule has 0 unspecified atom stereocenters. The zero-order valence-corrected chi connectivity index (χ0v) is 9.18. The maximum absolute atomic E-state index is 12.2. The van der Waals surface area contributed by atoms with Crippen LogP contribution in [0.25, 0.3) is 0 Å². The predicted octanol–water partition coefficient (Wildman–Crippen LogP) is 2.85. The Kier molecular flexibility index (Phi) is 3.57. The van der Waals surface area contributed by atoms with Gasteiger partial charge in [0.25, 0.3) is 0 Å². The molecule has 0 aromatic heterocycles. The van der Waals surface area contributed by atoms with Gasteiger partial charge in [-0.1, -0.05) is 12.1 Å². The second-order valence-corrected chi connectivity index (χ2v) is 4.04. The molecule has 0 amide bonds. The number of alkyl halides is 3. The summed E-state index contributed by atoms with van der Waals surface area (Å²) in [6, 6.07) is 7.17. The molecule has 5 heteroatoms. The first kappa shape index (κ1) is 12.2. The first-order chi connectivity index (χ1) is 8.06. The lowest BCUT2D eigenvalue weighted by molar-refractivity contribution is -0.275. The third kappa shape index (κ3) is 3.36. The summed E-state index contributed by atoms with van der Waals surface area (Å²) in [6.07, 6.45) is -2.98. The molecule has 2 nitrogen and oxygen atoms in total.